The van der Waals surface area contributed by atoms with E-state index in [1.807, 2.05) is 20.8 Å². The highest BCUT2D eigenvalue weighted by Gasteiger charge is 2.32. The van der Waals surface area contributed by atoms with Crippen molar-refractivity contribution in [1.82, 2.24) is 0 Å². The lowest BCUT2D eigenvalue weighted by Gasteiger charge is -2.31. The van der Waals surface area contributed by atoms with Crippen molar-refractivity contribution in [3.05, 3.63) is 29.6 Å². The van der Waals surface area contributed by atoms with E-state index < -0.39 is 15.7 Å². The highest BCUT2D eigenvalue weighted by atomic mass is 32.2. The van der Waals surface area contributed by atoms with E-state index in [9.17, 15) is 12.8 Å². The quantitative estimate of drug-likeness (QED) is 0.564. The fraction of sp³-hybridized carbons (Fsp3) is 0.714. The summed E-state index contributed by atoms with van der Waals surface area (Å²) < 4.78 is 45.1. The van der Waals surface area contributed by atoms with E-state index in [4.69, 9.17) is 10.5 Å². The third kappa shape index (κ3) is 7.41. The summed E-state index contributed by atoms with van der Waals surface area (Å²) in [6.45, 7) is 7.19. The highest BCUT2D eigenvalue weighted by molar-refractivity contribution is 7.91. The summed E-state index contributed by atoms with van der Waals surface area (Å²) in [5, 5.41) is 0. The van der Waals surface area contributed by atoms with Crippen molar-refractivity contribution in [3.63, 3.8) is 0 Å². The Morgan fingerprint density at radius 3 is 2.52 bits per heavy atom. The minimum absolute atomic E-state index is 0.0623. The van der Waals surface area contributed by atoms with E-state index >= 15 is 0 Å². The van der Waals surface area contributed by atoms with Gasteiger partial charge in [0.1, 0.15) is 0 Å². The Labute approximate surface area is 163 Å². The van der Waals surface area contributed by atoms with Gasteiger partial charge in [0.05, 0.1) is 18.1 Å². The molecular weight excluding hydrogens is 365 g/mol. The molecule has 6 heteroatoms. The zero-order valence-corrected chi connectivity index (χ0v) is 17.7. The number of halogens is 1. The van der Waals surface area contributed by atoms with Crippen LogP contribution in [0.15, 0.2) is 18.2 Å². The molecule has 2 N–H and O–H groups in total. The Balaban J connectivity index is 2.14. The lowest BCUT2D eigenvalue weighted by molar-refractivity contribution is 0.283. The van der Waals surface area contributed by atoms with Crippen LogP contribution in [-0.2, 0) is 9.84 Å². The van der Waals surface area contributed by atoms with E-state index in [0.29, 0.717) is 25.5 Å². The van der Waals surface area contributed by atoms with Gasteiger partial charge in [0, 0.05) is 5.92 Å². The van der Waals surface area contributed by atoms with Gasteiger partial charge in [-0.3, -0.25) is 0 Å². The normalized spacial score (nSPS) is 16.3. The van der Waals surface area contributed by atoms with E-state index in [2.05, 4.69) is 0 Å². The van der Waals surface area contributed by atoms with Gasteiger partial charge in [0.25, 0.3) is 0 Å². The number of nitrogens with two attached hydrogens (primary N) is 1. The molecule has 1 aromatic rings. The summed E-state index contributed by atoms with van der Waals surface area (Å²) in [6, 6.07) is 4.78. The first-order valence-corrected chi connectivity index (χ1v) is 11.8. The summed E-state index contributed by atoms with van der Waals surface area (Å²) in [5.74, 6) is 0.380. The van der Waals surface area contributed by atoms with Crippen LogP contribution in [0.25, 0.3) is 0 Å². The molecule has 1 aliphatic rings. The zero-order valence-electron chi connectivity index (χ0n) is 16.8. The average Bonchev–Trinajstić information content (AvgIpc) is 3.40. The maximum absolute atomic E-state index is 14.1. The number of benzene rings is 1. The van der Waals surface area contributed by atoms with E-state index in [1.165, 1.54) is 6.07 Å². The first-order chi connectivity index (χ1) is 12.6. The van der Waals surface area contributed by atoms with Crippen LogP contribution >= 0.6 is 0 Å². The van der Waals surface area contributed by atoms with Crippen molar-refractivity contribution in [2.24, 2.45) is 17.1 Å². The average molecular weight is 400 g/mol. The van der Waals surface area contributed by atoms with Crippen molar-refractivity contribution in [2.75, 3.05) is 24.7 Å². The molecule has 0 aliphatic heterocycles. The molecular formula is C21H34FNO3S. The van der Waals surface area contributed by atoms with Crippen molar-refractivity contribution in [2.45, 2.75) is 58.8 Å². The van der Waals surface area contributed by atoms with Gasteiger partial charge in [-0.25, -0.2) is 12.8 Å². The summed E-state index contributed by atoms with van der Waals surface area (Å²) in [6.07, 6.45) is 4.57. The second-order valence-corrected chi connectivity index (χ2v) is 11.1. The maximum atomic E-state index is 14.1. The fourth-order valence-corrected chi connectivity index (χ4v) is 5.18. The fourth-order valence-electron chi connectivity index (χ4n) is 3.17. The van der Waals surface area contributed by atoms with Crippen LogP contribution in [0.5, 0.6) is 5.75 Å². The van der Waals surface area contributed by atoms with Gasteiger partial charge in [-0.1, -0.05) is 33.3 Å². The van der Waals surface area contributed by atoms with E-state index in [0.717, 1.165) is 31.2 Å². The number of rotatable bonds is 11. The number of sulfone groups is 1. The number of ether oxygens (including phenoxy) is 1. The van der Waals surface area contributed by atoms with Gasteiger partial charge in [0.2, 0.25) is 0 Å². The van der Waals surface area contributed by atoms with Crippen molar-refractivity contribution < 1.29 is 17.5 Å². The highest BCUT2D eigenvalue weighted by Crippen LogP contribution is 2.38. The topological polar surface area (TPSA) is 69.4 Å². The second-order valence-electron chi connectivity index (χ2n) is 8.83. The van der Waals surface area contributed by atoms with Crippen molar-refractivity contribution in [1.29, 1.82) is 0 Å². The third-order valence-electron chi connectivity index (χ3n) is 5.15. The first-order valence-electron chi connectivity index (χ1n) is 9.95. The summed E-state index contributed by atoms with van der Waals surface area (Å²) in [4.78, 5) is 0. The number of hydrogen-bond acceptors (Lipinski definition) is 4. The molecule has 0 bridgehead atoms. The summed E-state index contributed by atoms with van der Waals surface area (Å²) >= 11 is 0. The van der Waals surface area contributed by atoms with Gasteiger partial charge < -0.3 is 10.5 Å². The maximum Gasteiger partial charge on any atom is 0.165 e. The van der Waals surface area contributed by atoms with Crippen LogP contribution in [0.3, 0.4) is 0 Å². The summed E-state index contributed by atoms with van der Waals surface area (Å²) in [7, 11) is -3.21. The van der Waals surface area contributed by atoms with Crippen molar-refractivity contribution in [3.8, 4) is 5.75 Å². The van der Waals surface area contributed by atoms with E-state index in [1.54, 1.807) is 12.1 Å². The van der Waals surface area contributed by atoms with Crippen LogP contribution in [0.1, 0.15) is 64.4 Å². The molecule has 0 radical (unpaired) electrons. The Bertz CT molecular complexity index is 709. The molecule has 0 saturated heterocycles. The molecule has 0 spiro atoms. The summed E-state index contributed by atoms with van der Waals surface area (Å²) in [5.41, 5.74) is 6.03. The Morgan fingerprint density at radius 1 is 1.22 bits per heavy atom. The molecule has 0 aromatic heterocycles. The molecule has 0 heterocycles. The molecule has 0 amide bonds. The van der Waals surface area contributed by atoms with Gasteiger partial charge in [0.15, 0.2) is 21.4 Å². The first kappa shape index (κ1) is 22.2. The van der Waals surface area contributed by atoms with Gasteiger partial charge in [-0.05, 0) is 61.3 Å². The minimum Gasteiger partial charge on any atom is -0.490 e. The second kappa shape index (κ2) is 9.37. The molecule has 2 rings (SSSR count). The van der Waals surface area contributed by atoms with E-state index in [-0.39, 0.29) is 28.6 Å². The molecule has 27 heavy (non-hydrogen) atoms. The Morgan fingerprint density at radius 2 is 1.93 bits per heavy atom. The van der Waals surface area contributed by atoms with Crippen LogP contribution < -0.4 is 10.5 Å². The zero-order chi connectivity index (χ0) is 20.1. The number of unbranched alkanes of at least 4 members (excludes halogenated alkanes) is 2. The molecule has 1 atom stereocenters. The predicted octanol–water partition coefficient (Wildman–Crippen LogP) is 4.29. The Kier molecular flexibility index (Phi) is 7.69. The van der Waals surface area contributed by atoms with Crippen LogP contribution in [0.2, 0.25) is 0 Å². The van der Waals surface area contributed by atoms with Crippen molar-refractivity contribution >= 4 is 9.84 Å². The van der Waals surface area contributed by atoms with Gasteiger partial charge >= 0.3 is 0 Å². The lowest BCUT2D eigenvalue weighted by Crippen LogP contribution is -2.27. The molecule has 1 saturated carbocycles. The van der Waals surface area contributed by atoms with Crippen LogP contribution in [-0.4, -0.2) is 33.1 Å². The monoisotopic (exact) mass is 399 g/mol. The standard InChI is InChI=1S/C21H34FNO3S/c1-21(2,3)18(15-27(24,25)12-6-4-5-11-23)17-9-10-19(22)20(13-17)26-14-16-7-8-16/h9-10,13,16,18H,4-8,11-12,14-15,23H2,1-3H3. The third-order valence-corrected chi connectivity index (χ3v) is 6.91. The molecule has 4 nitrogen and oxygen atoms in total. The Hall–Kier alpha value is -1.14. The van der Waals surface area contributed by atoms with Crippen LogP contribution in [0.4, 0.5) is 4.39 Å². The van der Waals surface area contributed by atoms with Gasteiger partial charge in [-0.2, -0.15) is 0 Å². The molecule has 1 fully saturated rings. The van der Waals surface area contributed by atoms with Gasteiger partial charge in [-0.15, -0.1) is 0 Å². The molecule has 154 valence electrons. The molecule has 1 unspecified atom stereocenters. The predicted molar refractivity (Wildman–Crippen MR) is 108 cm³/mol. The smallest absolute Gasteiger partial charge is 0.165 e. The molecule has 1 aromatic carbocycles. The largest absolute Gasteiger partial charge is 0.490 e. The minimum atomic E-state index is -3.21. The molecule has 1 aliphatic carbocycles. The lowest BCUT2D eigenvalue weighted by atomic mass is 9.77. The van der Waals surface area contributed by atoms with Crippen LogP contribution in [0, 0.1) is 17.2 Å². The SMILES string of the molecule is CC(C)(C)C(CS(=O)(=O)CCCCCN)c1ccc(F)c(OCC2CC2)c1. The number of hydrogen-bond donors (Lipinski definition) is 1.